The maximum Gasteiger partial charge on any atom is 0.0723 e. The number of rotatable bonds is 3. The van der Waals surface area contributed by atoms with Crippen molar-refractivity contribution < 1.29 is 9.57 Å². The Labute approximate surface area is 75.6 Å². The average Bonchev–Trinajstić information content (AvgIpc) is 2.51. The van der Waals surface area contributed by atoms with Crippen LogP contribution in [0.2, 0.25) is 0 Å². The van der Waals surface area contributed by atoms with Gasteiger partial charge in [0.2, 0.25) is 0 Å². The standard InChI is InChI=1S/C7H15NO2.C2H6/c1-7-5-8(10-6-7)3-4-9-2;1-2/h7H,3-6H2,1-2H3;1-2H3/t7-;/m1./s1. The normalized spacial score (nSPS) is 23.5. The molecule has 1 aliphatic heterocycles. The molecule has 0 bridgehead atoms. The predicted molar refractivity (Wildman–Crippen MR) is 49.9 cm³/mol. The molecule has 0 amide bonds. The molecule has 1 saturated heterocycles. The van der Waals surface area contributed by atoms with Crippen LogP contribution in [-0.2, 0) is 9.57 Å². The van der Waals surface area contributed by atoms with Gasteiger partial charge in [0.05, 0.1) is 13.2 Å². The summed E-state index contributed by atoms with van der Waals surface area (Å²) in [5.74, 6) is 0.678. The molecule has 12 heavy (non-hydrogen) atoms. The quantitative estimate of drug-likeness (QED) is 0.649. The van der Waals surface area contributed by atoms with Gasteiger partial charge in [-0.3, -0.25) is 4.84 Å². The molecule has 0 aromatic heterocycles. The predicted octanol–water partition coefficient (Wildman–Crippen LogP) is 1.54. The Balaban J connectivity index is 0.000000561. The second kappa shape index (κ2) is 7.53. The lowest BCUT2D eigenvalue weighted by atomic mass is 10.2. The van der Waals surface area contributed by atoms with Crippen LogP contribution in [0.15, 0.2) is 0 Å². The van der Waals surface area contributed by atoms with Gasteiger partial charge in [0.25, 0.3) is 0 Å². The van der Waals surface area contributed by atoms with Gasteiger partial charge in [0.15, 0.2) is 0 Å². The van der Waals surface area contributed by atoms with Crippen LogP contribution in [0.5, 0.6) is 0 Å². The molecule has 0 aromatic carbocycles. The second-order valence-corrected chi connectivity index (χ2v) is 2.78. The van der Waals surface area contributed by atoms with Gasteiger partial charge < -0.3 is 4.74 Å². The van der Waals surface area contributed by atoms with Crippen LogP contribution in [0, 0.1) is 5.92 Å². The summed E-state index contributed by atoms with van der Waals surface area (Å²) in [6, 6.07) is 0. The maximum absolute atomic E-state index is 5.32. The summed E-state index contributed by atoms with van der Waals surface area (Å²) < 4.78 is 4.92. The number of nitrogens with zero attached hydrogens (tertiary/aromatic N) is 1. The van der Waals surface area contributed by atoms with E-state index in [2.05, 4.69) is 6.92 Å². The van der Waals surface area contributed by atoms with E-state index in [1.165, 1.54) is 0 Å². The fourth-order valence-electron chi connectivity index (χ4n) is 1.03. The molecule has 3 nitrogen and oxygen atoms in total. The third-order valence-electron chi connectivity index (χ3n) is 1.60. The van der Waals surface area contributed by atoms with Crippen molar-refractivity contribution in [2.24, 2.45) is 5.92 Å². The Morgan fingerprint density at radius 1 is 1.50 bits per heavy atom. The molecule has 0 radical (unpaired) electrons. The maximum atomic E-state index is 5.32. The molecule has 1 rings (SSSR count). The summed E-state index contributed by atoms with van der Waals surface area (Å²) in [5.41, 5.74) is 0. The van der Waals surface area contributed by atoms with Gasteiger partial charge in [-0.05, 0) is 5.92 Å². The summed E-state index contributed by atoms with van der Waals surface area (Å²) in [4.78, 5) is 5.32. The summed E-state index contributed by atoms with van der Waals surface area (Å²) >= 11 is 0. The Morgan fingerprint density at radius 2 is 2.17 bits per heavy atom. The van der Waals surface area contributed by atoms with Crippen LogP contribution in [0.1, 0.15) is 20.8 Å². The molecule has 3 heteroatoms. The van der Waals surface area contributed by atoms with E-state index in [1.807, 2.05) is 18.9 Å². The van der Waals surface area contributed by atoms with Gasteiger partial charge in [0, 0.05) is 20.2 Å². The van der Waals surface area contributed by atoms with E-state index in [4.69, 9.17) is 9.57 Å². The third-order valence-corrected chi connectivity index (χ3v) is 1.60. The number of hydrogen-bond donors (Lipinski definition) is 0. The molecule has 1 heterocycles. The van der Waals surface area contributed by atoms with E-state index in [9.17, 15) is 0 Å². The van der Waals surface area contributed by atoms with Gasteiger partial charge in [-0.15, -0.1) is 0 Å². The number of ether oxygens (including phenoxy) is 1. The van der Waals surface area contributed by atoms with E-state index in [1.54, 1.807) is 7.11 Å². The van der Waals surface area contributed by atoms with Crippen molar-refractivity contribution in [1.29, 1.82) is 0 Å². The number of hydroxylamine groups is 2. The molecule has 1 atom stereocenters. The lowest BCUT2D eigenvalue weighted by molar-refractivity contribution is -0.118. The van der Waals surface area contributed by atoms with E-state index in [0.29, 0.717) is 5.92 Å². The van der Waals surface area contributed by atoms with Crippen LogP contribution in [-0.4, -0.2) is 38.5 Å². The van der Waals surface area contributed by atoms with Crippen LogP contribution in [0.25, 0.3) is 0 Å². The first-order chi connectivity index (χ1) is 5.83. The highest BCUT2D eigenvalue weighted by Gasteiger charge is 2.18. The zero-order valence-electron chi connectivity index (χ0n) is 8.67. The van der Waals surface area contributed by atoms with Crippen molar-refractivity contribution in [3.63, 3.8) is 0 Å². The van der Waals surface area contributed by atoms with Crippen molar-refractivity contribution in [3.05, 3.63) is 0 Å². The van der Waals surface area contributed by atoms with Crippen molar-refractivity contribution in [3.8, 4) is 0 Å². The highest BCUT2D eigenvalue weighted by atomic mass is 16.7. The third kappa shape index (κ3) is 4.70. The Bertz CT molecular complexity index is 98.5. The fraction of sp³-hybridized carbons (Fsp3) is 1.00. The number of hydrogen-bond acceptors (Lipinski definition) is 3. The van der Waals surface area contributed by atoms with E-state index in [0.717, 1.165) is 26.3 Å². The first-order valence-electron chi connectivity index (χ1n) is 4.69. The SMILES string of the molecule is CC.COCCN1C[C@@H](C)CO1. The molecule has 0 saturated carbocycles. The Morgan fingerprint density at radius 3 is 2.58 bits per heavy atom. The van der Waals surface area contributed by atoms with Gasteiger partial charge in [0.1, 0.15) is 0 Å². The minimum Gasteiger partial charge on any atom is -0.383 e. The van der Waals surface area contributed by atoms with Gasteiger partial charge in [-0.1, -0.05) is 20.8 Å². The van der Waals surface area contributed by atoms with Gasteiger partial charge >= 0.3 is 0 Å². The molecular weight excluding hydrogens is 154 g/mol. The summed E-state index contributed by atoms with van der Waals surface area (Å²) in [5, 5.41) is 1.97. The van der Waals surface area contributed by atoms with Crippen molar-refractivity contribution >= 4 is 0 Å². The molecule has 0 unspecified atom stereocenters. The zero-order valence-corrected chi connectivity index (χ0v) is 8.67. The molecule has 0 N–H and O–H groups in total. The Kier molecular flexibility index (Phi) is 7.45. The van der Waals surface area contributed by atoms with Crippen molar-refractivity contribution in [2.45, 2.75) is 20.8 Å². The molecule has 1 fully saturated rings. The van der Waals surface area contributed by atoms with Crippen LogP contribution in [0.4, 0.5) is 0 Å². The van der Waals surface area contributed by atoms with E-state index in [-0.39, 0.29) is 0 Å². The molecule has 0 aliphatic carbocycles. The van der Waals surface area contributed by atoms with Crippen LogP contribution < -0.4 is 0 Å². The highest BCUT2D eigenvalue weighted by molar-refractivity contribution is 4.60. The van der Waals surface area contributed by atoms with Crippen LogP contribution in [0.3, 0.4) is 0 Å². The van der Waals surface area contributed by atoms with Gasteiger partial charge in [-0.25, -0.2) is 0 Å². The number of methoxy groups -OCH3 is 1. The highest BCUT2D eigenvalue weighted by Crippen LogP contribution is 2.09. The second-order valence-electron chi connectivity index (χ2n) is 2.78. The minimum absolute atomic E-state index is 0.678. The monoisotopic (exact) mass is 175 g/mol. The summed E-state index contributed by atoms with van der Waals surface area (Å²) in [6.07, 6.45) is 0. The fourth-order valence-corrected chi connectivity index (χ4v) is 1.03. The van der Waals surface area contributed by atoms with Crippen LogP contribution >= 0.6 is 0 Å². The first-order valence-corrected chi connectivity index (χ1v) is 4.69. The minimum atomic E-state index is 0.678. The summed E-state index contributed by atoms with van der Waals surface area (Å²) in [7, 11) is 1.71. The smallest absolute Gasteiger partial charge is 0.0723 e. The topological polar surface area (TPSA) is 21.7 Å². The Hall–Kier alpha value is -0.120. The lowest BCUT2D eigenvalue weighted by Gasteiger charge is -2.11. The molecule has 0 aromatic rings. The van der Waals surface area contributed by atoms with E-state index >= 15 is 0 Å². The van der Waals surface area contributed by atoms with Gasteiger partial charge in [-0.2, -0.15) is 5.06 Å². The largest absolute Gasteiger partial charge is 0.383 e. The first kappa shape index (κ1) is 11.9. The molecule has 0 spiro atoms. The molecular formula is C9H21NO2. The summed E-state index contributed by atoms with van der Waals surface area (Å²) in [6.45, 7) is 9.74. The zero-order chi connectivity index (χ0) is 9.40. The lowest BCUT2D eigenvalue weighted by Crippen LogP contribution is -2.23. The molecule has 1 aliphatic rings. The van der Waals surface area contributed by atoms with E-state index < -0.39 is 0 Å². The van der Waals surface area contributed by atoms with Crippen molar-refractivity contribution in [2.75, 3.05) is 33.4 Å². The van der Waals surface area contributed by atoms with Crippen molar-refractivity contribution in [1.82, 2.24) is 5.06 Å². The molecule has 74 valence electrons. The average molecular weight is 175 g/mol.